The molecule has 2 heterocycles. The van der Waals surface area contributed by atoms with E-state index in [1.165, 1.54) is 5.57 Å². The molecule has 1 amide bonds. The van der Waals surface area contributed by atoms with Crippen LogP contribution in [0.2, 0.25) is 0 Å². The summed E-state index contributed by atoms with van der Waals surface area (Å²) >= 11 is 0. The van der Waals surface area contributed by atoms with E-state index in [1.54, 1.807) is 0 Å². The lowest BCUT2D eigenvalue weighted by atomic mass is 10.0. The predicted octanol–water partition coefficient (Wildman–Crippen LogP) is 3.64. The normalized spacial score (nSPS) is 15.8. The molecule has 0 unspecified atom stereocenters. The first kappa shape index (κ1) is 17.5. The standard InChI is InChI=1S/C21H27N3O/c1-17(2)9-14-23-15-10-19(11-16-23)22-21(25)18-5-7-20(8-6-18)24-12-3-4-13-24/h3-9,12-13,19H,10-11,14-16H2,1-2H3,(H,22,25). The third-order valence-corrected chi connectivity index (χ3v) is 4.71. The zero-order valence-electron chi connectivity index (χ0n) is 15.1. The van der Waals surface area contributed by atoms with Gasteiger partial charge in [-0.25, -0.2) is 0 Å². The third kappa shape index (κ3) is 4.83. The maximum Gasteiger partial charge on any atom is 0.251 e. The number of hydrogen-bond donors (Lipinski definition) is 1. The summed E-state index contributed by atoms with van der Waals surface area (Å²) in [5.74, 6) is 0.0294. The van der Waals surface area contributed by atoms with Crippen molar-refractivity contribution in [1.82, 2.24) is 14.8 Å². The summed E-state index contributed by atoms with van der Waals surface area (Å²) in [7, 11) is 0. The Balaban J connectivity index is 1.50. The zero-order valence-corrected chi connectivity index (χ0v) is 15.1. The second kappa shape index (κ2) is 8.17. The van der Waals surface area contributed by atoms with E-state index < -0.39 is 0 Å². The van der Waals surface area contributed by atoms with Gasteiger partial charge < -0.3 is 9.88 Å². The number of nitrogens with one attached hydrogen (secondary N) is 1. The highest BCUT2D eigenvalue weighted by atomic mass is 16.1. The Morgan fingerprint density at radius 3 is 2.36 bits per heavy atom. The summed E-state index contributed by atoms with van der Waals surface area (Å²) in [4.78, 5) is 14.9. The van der Waals surface area contributed by atoms with Crippen LogP contribution < -0.4 is 5.32 Å². The summed E-state index contributed by atoms with van der Waals surface area (Å²) in [5.41, 5.74) is 3.15. The van der Waals surface area contributed by atoms with Gasteiger partial charge >= 0.3 is 0 Å². The molecule has 1 aromatic heterocycles. The monoisotopic (exact) mass is 337 g/mol. The van der Waals surface area contributed by atoms with Crippen molar-refractivity contribution in [2.45, 2.75) is 32.7 Å². The Labute approximate surface area is 150 Å². The molecule has 1 saturated heterocycles. The van der Waals surface area contributed by atoms with E-state index in [1.807, 2.05) is 53.4 Å². The highest BCUT2D eigenvalue weighted by Gasteiger charge is 2.20. The SMILES string of the molecule is CC(C)=CCN1CCC(NC(=O)c2ccc(-n3cccc3)cc2)CC1. The van der Waals surface area contributed by atoms with Crippen LogP contribution in [0.3, 0.4) is 0 Å². The number of benzene rings is 1. The van der Waals surface area contributed by atoms with Gasteiger partial charge in [0.05, 0.1) is 0 Å². The Morgan fingerprint density at radius 1 is 1.12 bits per heavy atom. The van der Waals surface area contributed by atoms with Crippen molar-refractivity contribution < 1.29 is 4.79 Å². The van der Waals surface area contributed by atoms with Crippen LogP contribution >= 0.6 is 0 Å². The molecule has 0 spiro atoms. The number of nitrogens with zero attached hydrogens (tertiary/aromatic N) is 2. The van der Waals surface area contributed by atoms with Gasteiger partial charge in [0, 0.05) is 49.3 Å². The van der Waals surface area contributed by atoms with Crippen molar-refractivity contribution in [3.63, 3.8) is 0 Å². The molecule has 0 radical (unpaired) electrons. The molecule has 1 N–H and O–H groups in total. The van der Waals surface area contributed by atoms with Crippen LogP contribution in [0.15, 0.2) is 60.4 Å². The van der Waals surface area contributed by atoms with Crippen LogP contribution in [0.1, 0.15) is 37.0 Å². The highest BCUT2D eigenvalue weighted by molar-refractivity contribution is 5.94. The average Bonchev–Trinajstić information content (AvgIpc) is 3.16. The van der Waals surface area contributed by atoms with Crippen LogP contribution in [0, 0.1) is 0 Å². The Morgan fingerprint density at radius 2 is 1.76 bits per heavy atom. The summed E-state index contributed by atoms with van der Waals surface area (Å²) in [6, 6.07) is 12.0. The van der Waals surface area contributed by atoms with Gasteiger partial charge in [0.1, 0.15) is 0 Å². The third-order valence-electron chi connectivity index (χ3n) is 4.71. The summed E-state index contributed by atoms with van der Waals surface area (Å²) in [6.45, 7) is 7.37. The van der Waals surface area contributed by atoms with Gasteiger partial charge in [0.25, 0.3) is 5.91 Å². The number of hydrogen-bond acceptors (Lipinski definition) is 2. The van der Waals surface area contributed by atoms with Gasteiger partial charge in [-0.1, -0.05) is 11.6 Å². The molecule has 1 aliphatic rings. The van der Waals surface area contributed by atoms with Crippen LogP contribution in [0.25, 0.3) is 5.69 Å². The first-order valence-electron chi connectivity index (χ1n) is 9.02. The fourth-order valence-electron chi connectivity index (χ4n) is 3.13. The molecule has 4 nitrogen and oxygen atoms in total. The Hall–Kier alpha value is -2.33. The first-order valence-corrected chi connectivity index (χ1v) is 9.02. The molecule has 25 heavy (non-hydrogen) atoms. The Bertz CT molecular complexity index is 704. The molecule has 132 valence electrons. The van der Waals surface area contributed by atoms with E-state index in [0.717, 1.165) is 43.7 Å². The van der Waals surface area contributed by atoms with Gasteiger partial charge in [-0.15, -0.1) is 0 Å². The fourth-order valence-corrected chi connectivity index (χ4v) is 3.13. The molecule has 0 saturated carbocycles. The minimum atomic E-state index is 0.0294. The molecular formula is C21H27N3O. The van der Waals surface area contributed by atoms with Crippen LogP contribution in [0.4, 0.5) is 0 Å². The largest absolute Gasteiger partial charge is 0.349 e. The predicted molar refractivity (Wildman–Crippen MR) is 102 cm³/mol. The second-order valence-corrected chi connectivity index (χ2v) is 6.97. The minimum absolute atomic E-state index is 0.0294. The van der Waals surface area contributed by atoms with Gasteiger partial charge in [0.2, 0.25) is 0 Å². The molecule has 0 atom stereocenters. The molecule has 1 fully saturated rings. The number of amides is 1. The average molecular weight is 337 g/mol. The van der Waals surface area contributed by atoms with Crippen molar-refractivity contribution in [2.24, 2.45) is 0 Å². The fraction of sp³-hybridized carbons (Fsp3) is 0.381. The number of carbonyl (C=O) groups excluding carboxylic acids is 1. The van der Waals surface area contributed by atoms with Crippen molar-refractivity contribution in [3.8, 4) is 5.69 Å². The maximum atomic E-state index is 12.5. The molecular weight excluding hydrogens is 310 g/mol. The van der Waals surface area contributed by atoms with E-state index >= 15 is 0 Å². The van der Waals surface area contributed by atoms with E-state index in [-0.39, 0.29) is 11.9 Å². The molecule has 2 aromatic rings. The molecule has 1 aromatic carbocycles. The van der Waals surface area contributed by atoms with Crippen LogP contribution in [-0.2, 0) is 0 Å². The van der Waals surface area contributed by atoms with Gasteiger partial charge in [-0.3, -0.25) is 9.69 Å². The quantitative estimate of drug-likeness (QED) is 0.846. The molecule has 4 heteroatoms. The molecule has 3 rings (SSSR count). The van der Waals surface area contributed by atoms with Crippen molar-refractivity contribution in [1.29, 1.82) is 0 Å². The highest BCUT2D eigenvalue weighted by Crippen LogP contribution is 2.13. The molecule has 0 bridgehead atoms. The smallest absolute Gasteiger partial charge is 0.251 e. The number of allylic oxidation sites excluding steroid dienone is 1. The van der Waals surface area contributed by atoms with Gasteiger partial charge in [-0.05, 0) is 63.1 Å². The van der Waals surface area contributed by atoms with Crippen LogP contribution in [-0.4, -0.2) is 41.1 Å². The first-order chi connectivity index (χ1) is 12.1. The van der Waals surface area contributed by atoms with E-state index in [9.17, 15) is 4.79 Å². The second-order valence-electron chi connectivity index (χ2n) is 6.97. The lowest BCUT2D eigenvalue weighted by molar-refractivity contribution is 0.0914. The van der Waals surface area contributed by atoms with Crippen molar-refractivity contribution >= 4 is 5.91 Å². The van der Waals surface area contributed by atoms with Gasteiger partial charge in [-0.2, -0.15) is 0 Å². The van der Waals surface area contributed by atoms with Gasteiger partial charge in [0.15, 0.2) is 0 Å². The molecule has 0 aliphatic carbocycles. The lowest BCUT2D eigenvalue weighted by Crippen LogP contribution is -2.44. The zero-order chi connectivity index (χ0) is 17.6. The topological polar surface area (TPSA) is 37.3 Å². The van der Waals surface area contributed by atoms with E-state index in [2.05, 4.69) is 30.1 Å². The summed E-state index contributed by atoms with van der Waals surface area (Å²) < 4.78 is 2.03. The van der Waals surface area contributed by atoms with Crippen LogP contribution in [0.5, 0.6) is 0 Å². The number of likely N-dealkylation sites (tertiary alicyclic amines) is 1. The van der Waals surface area contributed by atoms with E-state index in [4.69, 9.17) is 0 Å². The van der Waals surface area contributed by atoms with Crippen molar-refractivity contribution in [2.75, 3.05) is 19.6 Å². The summed E-state index contributed by atoms with van der Waals surface area (Å²) in [5, 5.41) is 3.19. The summed E-state index contributed by atoms with van der Waals surface area (Å²) in [6.07, 6.45) is 8.30. The number of carbonyl (C=O) groups is 1. The minimum Gasteiger partial charge on any atom is -0.349 e. The van der Waals surface area contributed by atoms with E-state index in [0.29, 0.717) is 0 Å². The Kier molecular flexibility index (Phi) is 5.71. The lowest BCUT2D eigenvalue weighted by Gasteiger charge is -2.31. The number of piperidine rings is 1. The number of aromatic nitrogens is 1. The maximum absolute atomic E-state index is 12.5. The molecule has 1 aliphatic heterocycles. The van der Waals surface area contributed by atoms with Crippen molar-refractivity contribution in [3.05, 3.63) is 66.0 Å². The number of rotatable bonds is 5.